The Morgan fingerprint density at radius 2 is 1.93 bits per heavy atom. The van der Waals surface area contributed by atoms with Crippen molar-refractivity contribution in [1.29, 1.82) is 0 Å². The van der Waals surface area contributed by atoms with Crippen molar-refractivity contribution in [3.63, 3.8) is 0 Å². The fraction of sp³-hybridized carbons (Fsp3) is 0.227. The highest BCUT2D eigenvalue weighted by Gasteiger charge is 2.12. The van der Waals surface area contributed by atoms with E-state index in [1.807, 2.05) is 6.92 Å². The number of aliphatic hydroxyl groups is 1. The number of anilines is 1. The van der Waals surface area contributed by atoms with Gasteiger partial charge in [-0.1, -0.05) is 18.5 Å². The van der Waals surface area contributed by atoms with Gasteiger partial charge >= 0.3 is 0 Å². The number of nitrogens with one attached hydrogen (secondary N) is 1. The predicted octanol–water partition coefficient (Wildman–Crippen LogP) is 5.52. The van der Waals surface area contributed by atoms with E-state index in [1.54, 1.807) is 54.6 Å². The molecule has 28 heavy (non-hydrogen) atoms. The monoisotopic (exact) mass is 399 g/mol. The van der Waals surface area contributed by atoms with Gasteiger partial charge in [-0.05, 0) is 67.9 Å². The van der Waals surface area contributed by atoms with Crippen molar-refractivity contribution in [1.82, 2.24) is 0 Å². The Balaban J connectivity index is 1.74. The minimum atomic E-state index is -0.237. The summed E-state index contributed by atoms with van der Waals surface area (Å²) in [5, 5.41) is 12.5. The summed E-state index contributed by atoms with van der Waals surface area (Å²) in [5.74, 6) is 1.47. The molecule has 0 aliphatic heterocycles. The standard InChI is InChI=1S/C22H22ClNO4/c1-3-14(2)27-17-7-4-15(5-8-17)22(26)24-16-6-10-20(23)19(12-16)21-11-9-18(13-25)28-21/h4-12,14,25H,3,13H2,1-2H3,(H,24,26)/t14-/m1/s1. The molecule has 1 heterocycles. The van der Waals surface area contributed by atoms with Gasteiger partial charge in [-0.25, -0.2) is 0 Å². The van der Waals surface area contributed by atoms with Crippen LogP contribution in [0.2, 0.25) is 5.02 Å². The lowest BCUT2D eigenvalue weighted by Crippen LogP contribution is -2.12. The van der Waals surface area contributed by atoms with Crippen LogP contribution in [0, 0.1) is 0 Å². The SMILES string of the molecule is CC[C@@H](C)Oc1ccc(C(=O)Nc2ccc(Cl)c(-c3ccc(CO)o3)c2)cc1. The Labute approximate surface area is 168 Å². The number of benzene rings is 2. The second-order valence-corrected chi connectivity index (χ2v) is 6.84. The third-order valence-corrected chi connectivity index (χ3v) is 4.67. The van der Waals surface area contributed by atoms with E-state index < -0.39 is 0 Å². The van der Waals surface area contributed by atoms with Gasteiger partial charge in [0.1, 0.15) is 23.9 Å². The largest absolute Gasteiger partial charge is 0.491 e. The highest BCUT2D eigenvalue weighted by molar-refractivity contribution is 6.33. The quantitative estimate of drug-likeness (QED) is 0.548. The van der Waals surface area contributed by atoms with Crippen molar-refractivity contribution in [3.8, 4) is 17.1 Å². The van der Waals surface area contributed by atoms with Gasteiger partial charge in [-0.3, -0.25) is 4.79 Å². The van der Waals surface area contributed by atoms with Gasteiger partial charge in [0, 0.05) is 16.8 Å². The van der Waals surface area contributed by atoms with Gasteiger partial charge in [0.25, 0.3) is 5.91 Å². The van der Waals surface area contributed by atoms with Crippen LogP contribution < -0.4 is 10.1 Å². The summed E-state index contributed by atoms with van der Waals surface area (Å²) in [6.45, 7) is 3.87. The predicted molar refractivity (Wildman–Crippen MR) is 110 cm³/mol. The van der Waals surface area contributed by atoms with E-state index in [9.17, 15) is 4.79 Å². The van der Waals surface area contributed by atoms with E-state index in [0.717, 1.165) is 12.2 Å². The number of hydrogen-bond acceptors (Lipinski definition) is 4. The molecule has 0 fully saturated rings. The fourth-order valence-electron chi connectivity index (χ4n) is 2.60. The van der Waals surface area contributed by atoms with E-state index in [1.165, 1.54) is 0 Å². The van der Waals surface area contributed by atoms with Gasteiger partial charge in [-0.15, -0.1) is 0 Å². The Bertz CT molecular complexity index is 949. The summed E-state index contributed by atoms with van der Waals surface area (Å²) in [6, 6.07) is 15.6. The number of furan rings is 1. The molecule has 0 bridgehead atoms. The first kappa shape index (κ1) is 20.0. The minimum absolute atomic E-state index is 0.125. The van der Waals surface area contributed by atoms with E-state index in [4.69, 9.17) is 25.9 Å². The summed E-state index contributed by atoms with van der Waals surface area (Å²) in [7, 11) is 0. The van der Waals surface area contributed by atoms with E-state index in [2.05, 4.69) is 12.2 Å². The van der Waals surface area contributed by atoms with Crippen LogP contribution in [0.1, 0.15) is 36.4 Å². The molecule has 0 spiro atoms. The Kier molecular flexibility index (Phi) is 6.39. The first-order chi connectivity index (χ1) is 13.5. The first-order valence-electron chi connectivity index (χ1n) is 9.07. The van der Waals surface area contributed by atoms with Crippen molar-refractivity contribution >= 4 is 23.2 Å². The van der Waals surface area contributed by atoms with Crippen molar-refractivity contribution in [3.05, 3.63) is 70.9 Å². The summed E-state index contributed by atoms with van der Waals surface area (Å²) in [5.41, 5.74) is 1.75. The maximum atomic E-state index is 12.5. The third-order valence-electron chi connectivity index (χ3n) is 4.34. The second-order valence-electron chi connectivity index (χ2n) is 6.43. The molecule has 1 amide bonds. The molecule has 0 saturated carbocycles. The minimum Gasteiger partial charge on any atom is -0.491 e. The highest BCUT2D eigenvalue weighted by Crippen LogP contribution is 2.32. The van der Waals surface area contributed by atoms with Gasteiger partial charge in [0.05, 0.1) is 11.1 Å². The van der Waals surface area contributed by atoms with E-state index in [0.29, 0.717) is 33.4 Å². The number of hydrogen-bond donors (Lipinski definition) is 2. The van der Waals surface area contributed by atoms with Crippen LogP contribution in [-0.4, -0.2) is 17.1 Å². The molecule has 6 heteroatoms. The Morgan fingerprint density at radius 3 is 2.57 bits per heavy atom. The van der Waals surface area contributed by atoms with Crippen LogP contribution in [-0.2, 0) is 6.61 Å². The maximum absolute atomic E-state index is 12.5. The zero-order valence-corrected chi connectivity index (χ0v) is 16.5. The van der Waals surface area contributed by atoms with Crippen LogP contribution in [0.5, 0.6) is 5.75 Å². The average molecular weight is 400 g/mol. The average Bonchev–Trinajstić information content (AvgIpc) is 3.19. The van der Waals surface area contributed by atoms with Crippen LogP contribution >= 0.6 is 11.6 Å². The Morgan fingerprint density at radius 1 is 1.18 bits per heavy atom. The number of aliphatic hydroxyl groups excluding tert-OH is 1. The first-order valence-corrected chi connectivity index (χ1v) is 9.45. The molecule has 0 radical (unpaired) electrons. The van der Waals surface area contributed by atoms with Crippen LogP contribution in [0.25, 0.3) is 11.3 Å². The van der Waals surface area contributed by atoms with Crippen molar-refractivity contribution in [2.75, 3.05) is 5.32 Å². The molecule has 0 saturated heterocycles. The zero-order valence-electron chi connectivity index (χ0n) is 15.7. The number of rotatable bonds is 7. The lowest BCUT2D eigenvalue weighted by atomic mass is 10.1. The number of halogens is 1. The summed E-state index contributed by atoms with van der Waals surface area (Å²) in [6.07, 6.45) is 1.04. The number of carbonyl (C=O) groups excluding carboxylic acids is 1. The van der Waals surface area contributed by atoms with Crippen molar-refractivity contribution in [2.24, 2.45) is 0 Å². The molecule has 0 aliphatic carbocycles. The molecule has 1 atom stereocenters. The topological polar surface area (TPSA) is 71.7 Å². The van der Waals surface area contributed by atoms with Crippen molar-refractivity contribution < 1.29 is 19.1 Å². The van der Waals surface area contributed by atoms with Crippen LogP contribution in [0.4, 0.5) is 5.69 Å². The fourth-order valence-corrected chi connectivity index (χ4v) is 2.81. The van der Waals surface area contributed by atoms with Crippen LogP contribution in [0.3, 0.4) is 0 Å². The van der Waals surface area contributed by atoms with E-state index >= 15 is 0 Å². The second kappa shape index (κ2) is 8.95. The van der Waals surface area contributed by atoms with Crippen molar-refractivity contribution in [2.45, 2.75) is 33.0 Å². The molecular formula is C22H22ClNO4. The molecule has 3 rings (SSSR count). The van der Waals surface area contributed by atoms with Gasteiger partial charge < -0.3 is 19.6 Å². The highest BCUT2D eigenvalue weighted by atomic mass is 35.5. The van der Waals surface area contributed by atoms with Gasteiger partial charge in [0.2, 0.25) is 0 Å². The number of amides is 1. The summed E-state index contributed by atoms with van der Waals surface area (Å²) >= 11 is 6.26. The Hall–Kier alpha value is -2.76. The van der Waals surface area contributed by atoms with Gasteiger partial charge in [-0.2, -0.15) is 0 Å². The number of ether oxygens (including phenoxy) is 1. The summed E-state index contributed by atoms with van der Waals surface area (Å²) < 4.78 is 11.3. The lowest BCUT2D eigenvalue weighted by Gasteiger charge is -2.13. The molecule has 5 nitrogen and oxygen atoms in total. The molecule has 146 valence electrons. The van der Waals surface area contributed by atoms with Gasteiger partial charge in [0.15, 0.2) is 0 Å². The zero-order chi connectivity index (χ0) is 20.1. The smallest absolute Gasteiger partial charge is 0.255 e. The molecule has 0 unspecified atom stereocenters. The third kappa shape index (κ3) is 4.74. The molecular weight excluding hydrogens is 378 g/mol. The normalized spacial score (nSPS) is 11.9. The number of carbonyl (C=O) groups is 1. The molecule has 2 aromatic carbocycles. The summed E-state index contributed by atoms with van der Waals surface area (Å²) in [4.78, 5) is 12.5. The molecule has 3 aromatic rings. The van der Waals surface area contributed by atoms with Crippen LogP contribution in [0.15, 0.2) is 59.0 Å². The molecule has 0 aliphatic rings. The molecule has 1 aromatic heterocycles. The van der Waals surface area contributed by atoms with E-state index in [-0.39, 0.29) is 18.6 Å². The molecule has 2 N–H and O–H groups in total. The lowest BCUT2D eigenvalue weighted by molar-refractivity contribution is 0.102. The maximum Gasteiger partial charge on any atom is 0.255 e.